The van der Waals surface area contributed by atoms with Gasteiger partial charge in [-0.1, -0.05) is 129 Å². The molecule has 0 aromatic carbocycles. The summed E-state index contributed by atoms with van der Waals surface area (Å²) in [5.41, 5.74) is 0. The lowest BCUT2D eigenvalue weighted by Gasteiger charge is -2.20. The summed E-state index contributed by atoms with van der Waals surface area (Å²) in [6.45, 7) is 4.36. The summed E-state index contributed by atoms with van der Waals surface area (Å²) in [6.07, 6.45) is 21.6. The molecule has 29 heavy (non-hydrogen) atoms. The highest BCUT2D eigenvalue weighted by atomic mass is 32.2. The van der Waals surface area contributed by atoms with E-state index in [0.717, 1.165) is 44.9 Å². The van der Waals surface area contributed by atoms with Gasteiger partial charge in [0.15, 0.2) is 0 Å². The SMILES string of the molecule is CCCCCCCCCCCCCCCCC(O)C(CCCCCC)S(=O)(=O)O. The first kappa shape index (κ1) is 28.9. The van der Waals surface area contributed by atoms with Crippen LogP contribution in [0, 0.1) is 0 Å². The molecule has 2 atom stereocenters. The molecule has 2 unspecified atom stereocenters. The van der Waals surface area contributed by atoms with E-state index in [0.29, 0.717) is 12.8 Å². The maximum absolute atomic E-state index is 11.6. The van der Waals surface area contributed by atoms with Crippen LogP contribution < -0.4 is 0 Å². The Morgan fingerprint density at radius 1 is 0.552 bits per heavy atom. The Bertz CT molecular complexity index is 436. The van der Waals surface area contributed by atoms with Crippen LogP contribution in [0.4, 0.5) is 0 Å². The molecule has 0 fully saturated rings. The van der Waals surface area contributed by atoms with Gasteiger partial charge in [-0.05, 0) is 12.8 Å². The van der Waals surface area contributed by atoms with Crippen LogP contribution in [0.2, 0.25) is 0 Å². The molecule has 2 N–H and O–H groups in total. The van der Waals surface area contributed by atoms with Crippen LogP contribution in [0.25, 0.3) is 0 Å². The third-order valence-corrected chi connectivity index (χ3v) is 7.32. The molecule has 0 aliphatic heterocycles. The van der Waals surface area contributed by atoms with E-state index < -0.39 is 21.5 Å². The van der Waals surface area contributed by atoms with Crippen molar-refractivity contribution in [3.63, 3.8) is 0 Å². The summed E-state index contributed by atoms with van der Waals surface area (Å²) >= 11 is 0. The third-order valence-electron chi connectivity index (χ3n) is 6.01. The van der Waals surface area contributed by atoms with E-state index in [9.17, 15) is 18.1 Å². The Labute approximate surface area is 182 Å². The predicted molar refractivity (Wildman–Crippen MR) is 125 cm³/mol. The first-order chi connectivity index (χ1) is 13.9. The molecule has 0 aromatic rings. The van der Waals surface area contributed by atoms with Gasteiger partial charge in [-0.2, -0.15) is 8.42 Å². The molecule has 0 spiro atoms. The molecule has 0 amide bonds. The van der Waals surface area contributed by atoms with Crippen molar-refractivity contribution in [2.24, 2.45) is 0 Å². The van der Waals surface area contributed by atoms with E-state index in [1.807, 2.05) is 0 Å². The number of aliphatic hydroxyl groups is 1. The highest BCUT2D eigenvalue weighted by Gasteiger charge is 2.29. The van der Waals surface area contributed by atoms with Gasteiger partial charge >= 0.3 is 0 Å². The molecular weight excluding hydrogens is 384 g/mol. The molecule has 0 heterocycles. The fraction of sp³-hybridized carbons (Fsp3) is 1.00. The fourth-order valence-electron chi connectivity index (χ4n) is 4.05. The Hall–Kier alpha value is -0.130. The summed E-state index contributed by atoms with van der Waals surface area (Å²) in [5, 5.41) is 9.24. The molecule has 0 radical (unpaired) electrons. The van der Waals surface area contributed by atoms with Crippen molar-refractivity contribution in [3.8, 4) is 0 Å². The van der Waals surface area contributed by atoms with Crippen LogP contribution >= 0.6 is 0 Å². The van der Waals surface area contributed by atoms with Crippen LogP contribution in [0.3, 0.4) is 0 Å². The number of hydrogen-bond donors (Lipinski definition) is 2. The normalized spacial score (nSPS) is 14.2. The van der Waals surface area contributed by atoms with Crippen molar-refractivity contribution >= 4 is 10.1 Å². The smallest absolute Gasteiger partial charge is 0.270 e. The van der Waals surface area contributed by atoms with Crippen molar-refractivity contribution in [1.82, 2.24) is 0 Å². The molecule has 0 aliphatic carbocycles. The van der Waals surface area contributed by atoms with Gasteiger partial charge in [0.25, 0.3) is 10.1 Å². The molecule has 0 aliphatic rings. The van der Waals surface area contributed by atoms with E-state index in [-0.39, 0.29) is 0 Å². The van der Waals surface area contributed by atoms with Crippen molar-refractivity contribution < 1.29 is 18.1 Å². The topological polar surface area (TPSA) is 74.6 Å². The summed E-state index contributed by atoms with van der Waals surface area (Å²) in [7, 11) is -4.17. The third kappa shape index (κ3) is 18.4. The number of hydrogen-bond acceptors (Lipinski definition) is 3. The monoisotopic (exact) mass is 434 g/mol. The van der Waals surface area contributed by atoms with Gasteiger partial charge in [0, 0.05) is 0 Å². The highest BCUT2D eigenvalue weighted by molar-refractivity contribution is 7.86. The molecule has 0 saturated heterocycles. The molecule has 0 rings (SSSR count). The zero-order valence-electron chi connectivity index (χ0n) is 19.4. The van der Waals surface area contributed by atoms with Crippen molar-refractivity contribution in [3.05, 3.63) is 0 Å². The first-order valence-electron chi connectivity index (χ1n) is 12.6. The molecule has 176 valence electrons. The Morgan fingerprint density at radius 2 is 0.862 bits per heavy atom. The minimum atomic E-state index is -4.17. The van der Waals surface area contributed by atoms with Crippen LogP contribution in [-0.4, -0.2) is 29.4 Å². The fourth-order valence-corrected chi connectivity index (χ4v) is 5.04. The summed E-state index contributed by atoms with van der Waals surface area (Å²) in [6, 6.07) is 0. The van der Waals surface area contributed by atoms with Gasteiger partial charge in [0.1, 0.15) is 5.25 Å². The van der Waals surface area contributed by atoms with Crippen molar-refractivity contribution in [2.75, 3.05) is 0 Å². The second kappa shape index (κ2) is 19.8. The summed E-state index contributed by atoms with van der Waals surface area (Å²) in [4.78, 5) is 0. The first-order valence-corrected chi connectivity index (χ1v) is 14.1. The van der Waals surface area contributed by atoms with E-state index in [4.69, 9.17) is 0 Å². The largest absolute Gasteiger partial charge is 0.392 e. The molecular formula is C24H50O4S. The Morgan fingerprint density at radius 3 is 1.24 bits per heavy atom. The van der Waals surface area contributed by atoms with Crippen LogP contribution in [0.15, 0.2) is 0 Å². The zero-order valence-corrected chi connectivity index (χ0v) is 20.2. The number of unbranched alkanes of at least 4 members (excludes halogenated alkanes) is 16. The average molecular weight is 435 g/mol. The van der Waals surface area contributed by atoms with Crippen LogP contribution in [0.1, 0.15) is 142 Å². The van der Waals surface area contributed by atoms with Crippen molar-refractivity contribution in [2.45, 2.75) is 154 Å². The Kier molecular flexibility index (Phi) is 19.7. The minimum absolute atomic E-state index is 0.360. The Balaban J connectivity index is 3.64. The van der Waals surface area contributed by atoms with Gasteiger partial charge in [-0.3, -0.25) is 4.55 Å². The molecule has 0 aromatic heterocycles. The van der Waals surface area contributed by atoms with Gasteiger partial charge in [0.05, 0.1) is 6.10 Å². The zero-order chi connectivity index (χ0) is 21.8. The number of rotatable bonds is 22. The minimum Gasteiger partial charge on any atom is -0.392 e. The van der Waals surface area contributed by atoms with Gasteiger partial charge < -0.3 is 5.11 Å². The second-order valence-electron chi connectivity index (χ2n) is 8.85. The standard InChI is InChI=1S/C24H50O4S/c1-3-5-7-9-10-11-12-13-14-15-16-17-18-19-21-23(25)24(29(26,27)28)22-20-8-6-4-2/h23-25H,3-22H2,1-2H3,(H,26,27,28). The molecule has 5 heteroatoms. The molecule has 4 nitrogen and oxygen atoms in total. The maximum atomic E-state index is 11.6. The lowest BCUT2D eigenvalue weighted by atomic mass is 10.0. The van der Waals surface area contributed by atoms with Gasteiger partial charge in [0.2, 0.25) is 0 Å². The second-order valence-corrected chi connectivity index (χ2v) is 10.5. The summed E-state index contributed by atoms with van der Waals surface area (Å²) < 4.78 is 32.6. The van der Waals surface area contributed by atoms with Gasteiger partial charge in [-0.15, -0.1) is 0 Å². The van der Waals surface area contributed by atoms with Crippen molar-refractivity contribution in [1.29, 1.82) is 0 Å². The van der Waals surface area contributed by atoms with E-state index in [1.54, 1.807) is 0 Å². The lowest BCUT2D eigenvalue weighted by molar-refractivity contribution is 0.146. The van der Waals surface area contributed by atoms with E-state index >= 15 is 0 Å². The van der Waals surface area contributed by atoms with Crippen LogP contribution in [0.5, 0.6) is 0 Å². The average Bonchev–Trinajstić information content (AvgIpc) is 2.67. The van der Waals surface area contributed by atoms with E-state index in [2.05, 4.69) is 13.8 Å². The molecule has 0 bridgehead atoms. The quantitative estimate of drug-likeness (QED) is 0.137. The predicted octanol–water partition coefficient (Wildman–Crippen LogP) is 7.45. The molecule has 0 saturated carbocycles. The number of aliphatic hydroxyl groups excluding tert-OH is 1. The highest BCUT2D eigenvalue weighted by Crippen LogP contribution is 2.20. The van der Waals surface area contributed by atoms with E-state index in [1.165, 1.54) is 70.6 Å². The maximum Gasteiger partial charge on any atom is 0.270 e. The summed E-state index contributed by atoms with van der Waals surface area (Å²) in [5.74, 6) is 0. The van der Waals surface area contributed by atoms with Crippen LogP contribution in [-0.2, 0) is 10.1 Å². The van der Waals surface area contributed by atoms with Gasteiger partial charge in [-0.25, -0.2) is 0 Å². The lowest BCUT2D eigenvalue weighted by Crippen LogP contribution is -2.33.